The maximum atomic E-state index is 12.0. The summed E-state index contributed by atoms with van der Waals surface area (Å²) in [6.07, 6.45) is 2.04. The van der Waals surface area contributed by atoms with Crippen LogP contribution in [0.15, 0.2) is 24.3 Å². The van der Waals surface area contributed by atoms with Crippen LogP contribution in [0.25, 0.3) is 0 Å². The highest BCUT2D eigenvalue weighted by Gasteiger charge is 2.07. The zero-order valence-corrected chi connectivity index (χ0v) is 10.5. The Morgan fingerprint density at radius 3 is 2.44 bits per heavy atom. The fourth-order valence-electron chi connectivity index (χ4n) is 1.64. The van der Waals surface area contributed by atoms with Gasteiger partial charge in [0.2, 0.25) is 0 Å². The van der Waals surface area contributed by atoms with Crippen molar-refractivity contribution in [1.29, 1.82) is 0 Å². The molecule has 0 saturated carbocycles. The van der Waals surface area contributed by atoms with Crippen LogP contribution in [0.1, 0.15) is 31.4 Å². The van der Waals surface area contributed by atoms with Crippen LogP contribution in [0.4, 0.5) is 8.78 Å². The summed E-state index contributed by atoms with van der Waals surface area (Å²) in [4.78, 5) is 0. The van der Waals surface area contributed by atoms with Gasteiger partial charge in [-0.3, -0.25) is 0 Å². The molecule has 0 radical (unpaired) electrons. The van der Waals surface area contributed by atoms with Crippen molar-refractivity contribution in [3.8, 4) is 5.75 Å². The molecule has 0 aliphatic carbocycles. The summed E-state index contributed by atoms with van der Waals surface area (Å²) in [6, 6.07) is 6.87. The smallest absolute Gasteiger partial charge is 0.387 e. The molecular formula is C13H20F2N2O. The molecule has 102 valence electrons. The Hall–Kier alpha value is -1.20. The Morgan fingerprint density at radius 2 is 1.89 bits per heavy atom. The number of nitrogens with two attached hydrogens (primary N) is 1. The van der Waals surface area contributed by atoms with E-state index in [1.54, 1.807) is 24.3 Å². The fourth-order valence-corrected chi connectivity index (χ4v) is 1.64. The highest BCUT2D eigenvalue weighted by atomic mass is 19.3. The van der Waals surface area contributed by atoms with Crippen molar-refractivity contribution >= 4 is 0 Å². The summed E-state index contributed by atoms with van der Waals surface area (Å²) in [6.45, 7) is 0.858. The summed E-state index contributed by atoms with van der Waals surface area (Å²) < 4.78 is 28.2. The number of benzene rings is 1. The van der Waals surface area contributed by atoms with Crippen molar-refractivity contribution in [3.63, 3.8) is 0 Å². The van der Waals surface area contributed by atoms with Crippen LogP contribution in [0, 0.1) is 0 Å². The molecule has 1 atom stereocenters. The van der Waals surface area contributed by atoms with E-state index in [0.717, 1.165) is 24.9 Å². The van der Waals surface area contributed by atoms with Crippen LogP contribution < -0.4 is 15.8 Å². The molecule has 0 aliphatic rings. The molecule has 0 bridgehead atoms. The van der Waals surface area contributed by atoms with Gasteiger partial charge in [-0.2, -0.15) is 8.78 Å². The summed E-state index contributed by atoms with van der Waals surface area (Å²) in [7, 11) is 0. The Morgan fingerprint density at radius 1 is 1.22 bits per heavy atom. The molecule has 1 unspecified atom stereocenters. The topological polar surface area (TPSA) is 47.3 Å². The second kappa shape index (κ2) is 8.00. The van der Waals surface area contributed by atoms with E-state index < -0.39 is 6.61 Å². The van der Waals surface area contributed by atoms with Crippen molar-refractivity contribution in [2.75, 3.05) is 13.1 Å². The van der Waals surface area contributed by atoms with E-state index in [2.05, 4.69) is 10.1 Å². The molecule has 0 aliphatic heterocycles. The van der Waals surface area contributed by atoms with Gasteiger partial charge in [0.05, 0.1) is 0 Å². The predicted octanol–water partition coefficient (Wildman–Crippen LogP) is 2.68. The summed E-state index contributed by atoms with van der Waals surface area (Å²) in [5, 5.41) is 3.35. The van der Waals surface area contributed by atoms with Crippen molar-refractivity contribution in [3.05, 3.63) is 29.8 Å². The minimum absolute atomic E-state index is 0.184. The number of halogens is 2. The van der Waals surface area contributed by atoms with Gasteiger partial charge < -0.3 is 15.8 Å². The van der Waals surface area contributed by atoms with E-state index in [1.165, 1.54) is 0 Å². The molecule has 3 N–H and O–H groups in total. The zero-order chi connectivity index (χ0) is 13.4. The van der Waals surface area contributed by atoms with Crippen LogP contribution in [-0.2, 0) is 0 Å². The SMILES string of the molecule is CC(NCCCCN)c1ccc(OC(F)F)cc1. The lowest BCUT2D eigenvalue weighted by molar-refractivity contribution is -0.0498. The first-order valence-corrected chi connectivity index (χ1v) is 6.11. The molecule has 0 fully saturated rings. The first-order valence-electron chi connectivity index (χ1n) is 6.11. The highest BCUT2D eigenvalue weighted by molar-refractivity contribution is 5.28. The second-order valence-corrected chi connectivity index (χ2v) is 4.12. The molecular weight excluding hydrogens is 238 g/mol. The van der Waals surface area contributed by atoms with Gasteiger partial charge in [-0.15, -0.1) is 0 Å². The second-order valence-electron chi connectivity index (χ2n) is 4.12. The first kappa shape index (κ1) is 14.9. The molecule has 5 heteroatoms. The maximum absolute atomic E-state index is 12.0. The molecule has 0 amide bonds. The number of unbranched alkanes of at least 4 members (excludes halogenated alkanes) is 1. The Bertz CT molecular complexity index is 330. The number of hydrogen-bond donors (Lipinski definition) is 2. The molecule has 3 nitrogen and oxygen atoms in total. The van der Waals surface area contributed by atoms with Gasteiger partial charge in [-0.25, -0.2) is 0 Å². The average Bonchev–Trinajstić information content (AvgIpc) is 2.34. The summed E-state index contributed by atoms with van der Waals surface area (Å²) in [5.74, 6) is 0.184. The highest BCUT2D eigenvalue weighted by Crippen LogP contribution is 2.19. The Labute approximate surface area is 106 Å². The third-order valence-electron chi connectivity index (χ3n) is 2.69. The van der Waals surface area contributed by atoms with Crippen LogP contribution in [0.2, 0.25) is 0 Å². The molecule has 0 aromatic heterocycles. The van der Waals surface area contributed by atoms with E-state index in [-0.39, 0.29) is 11.8 Å². The number of ether oxygens (including phenoxy) is 1. The number of hydrogen-bond acceptors (Lipinski definition) is 3. The predicted molar refractivity (Wildman–Crippen MR) is 67.8 cm³/mol. The molecule has 0 saturated heterocycles. The van der Waals surface area contributed by atoms with Gasteiger partial charge in [0.1, 0.15) is 5.75 Å². The van der Waals surface area contributed by atoms with Crippen LogP contribution in [0.5, 0.6) is 5.75 Å². The van der Waals surface area contributed by atoms with E-state index in [4.69, 9.17) is 5.73 Å². The van der Waals surface area contributed by atoms with Gasteiger partial charge in [0.15, 0.2) is 0 Å². The van der Waals surface area contributed by atoms with Crippen LogP contribution >= 0.6 is 0 Å². The minimum atomic E-state index is -2.78. The summed E-state index contributed by atoms with van der Waals surface area (Å²) in [5.41, 5.74) is 6.46. The van der Waals surface area contributed by atoms with E-state index in [0.29, 0.717) is 6.54 Å². The third kappa shape index (κ3) is 5.42. The van der Waals surface area contributed by atoms with Crippen LogP contribution in [0.3, 0.4) is 0 Å². The normalized spacial score (nSPS) is 12.7. The number of nitrogens with one attached hydrogen (secondary N) is 1. The van der Waals surface area contributed by atoms with Gasteiger partial charge in [-0.1, -0.05) is 12.1 Å². The molecule has 1 aromatic carbocycles. The molecule has 0 spiro atoms. The maximum Gasteiger partial charge on any atom is 0.387 e. The quantitative estimate of drug-likeness (QED) is 0.705. The average molecular weight is 258 g/mol. The van der Waals surface area contributed by atoms with Crippen molar-refractivity contribution < 1.29 is 13.5 Å². The van der Waals surface area contributed by atoms with Gasteiger partial charge in [-0.05, 0) is 50.6 Å². The minimum Gasteiger partial charge on any atom is -0.435 e. The monoisotopic (exact) mass is 258 g/mol. The van der Waals surface area contributed by atoms with Crippen molar-refractivity contribution in [2.24, 2.45) is 5.73 Å². The van der Waals surface area contributed by atoms with Gasteiger partial charge in [0, 0.05) is 6.04 Å². The lowest BCUT2D eigenvalue weighted by Crippen LogP contribution is -2.20. The Balaban J connectivity index is 2.41. The van der Waals surface area contributed by atoms with Crippen molar-refractivity contribution in [1.82, 2.24) is 5.32 Å². The van der Waals surface area contributed by atoms with Gasteiger partial charge >= 0.3 is 6.61 Å². The molecule has 18 heavy (non-hydrogen) atoms. The Kier molecular flexibility index (Phi) is 6.60. The first-order chi connectivity index (χ1) is 8.63. The summed E-state index contributed by atoms with van der Waals surface area (Å²) >= 11 is 0. The standard InChI is InChI=1S/C13H20F2N2O/c1-10(17-9-3-2-8-16)11-4-6-12(7-5-11)18-13(14)15/h4-7,10,13,17H,2-3,8-9,16H2,1H3. The largest absolute Gasteiger partial charge is 0.435 e. The lowest BCUT2D eigenvalue weighted by Gasteiger charge is -2.14. The molecule has 1 rings (SSSR count). The van der Waals surface area contributed by atoms with E-state index in [1.807, 2.05) is 6.92 Å². The number of alkyl halides is 2. The van der Waals surface area contributed by atoms with E-state index in [9.17, 15) is 8.78 Å². The van der Waals surface area contributed by atoms with Gasteiger partial charge in [0.25, 0.3) is 0 Å². The van der Waals surface area contributed by atoms with Crippen molar-refractivity contribution in [2.45, 2.75) is 32.4 Å². The fraction of sp³-hybridized carbons (Fsp3) is 0.538. The van der Waals surface area contributed by atoms with Crippen LogP contribution in [-0.4, -0.2) is 19.7 Å². The zero-order valence-electron chi connectivity index (χ0n) is 10.5. The number of rotatable bonds is 8. The third-order valence-corrected chi connectivity index (χ3v) is 2.69. The van der Waals surface area contributed by atoms with E-state index >= 15 is 0 Å². The molecule has 0 heterocycles. The lowest BCUT2D eigenvalue weighted by atomic mass is 10.1. The molecule has 1 aromatic rings.